The lowest BCUT2D eigenvalue weighted by Crippen LogP contribution is -2.44. The van der Waals surface area contributed by atoms with E-state index >= 15 is 0 Å². The smallest absolute Gasteiger partial charge is 0.251 e. The van der Waals surface area contributed by atoms with Crippen molar-refractivity contribution in [3.8, 4) is 0 Å². The lowest BCUT2D eigenvalue weighted by molar-refractivity contribution is -0.131. The molecule has 1 aromatic rings. The first-order chi connectivity index (χ1) is 10.5. The predicted octanol–water partition coefficient (Wildman–Crippen LogP) is 3.22. The van der Waals surface area contributed by atoms with Gasteiger partial charge in [-0.2, -0.15) is 0 Å². The fraction of sp³-hybridized carbons (Fsp3) is 0.529. The van der Waals surface area contributed by atoms with Gasteiger partial charge in [-0.25, -0.2) is 0 Å². The zero-order chi connectivity index (χ0) is 16.1. The first-order valence-electron chi connectivity index (χ1n) is 7.77. The molecule has 0 heterocycles. The highest BCUT2D eigenvalue weighted by Gasteiger charge is 2.24. The molecule has 0 spiro atoms. The van der Waals surface area contributed by atoms with Crippen LogP contribution in [0.4, 0.5) is 0 Å². The number of rotatable bonds is 4. The standard InChI is InChI=1S/C17H23BrN2O2/c1-12-3-9-15(10-4-12)20(2)16(21)11-19-17(22)13-5-7-14(18)8-6-13/h5-8,12,15H,3-4,9-11H2,1-2H3,(H,19,22). The van der Waals surface area contributed by atoms with Crippen molar-refractivity contribution in [3.05, 3.63) is 34.3 Å². The monoisotopic (exact) mass is 366 g/mol. The van der Waals surface area contributed by atoms with Crippen molar-refractivity contribution in [1.29, 1.82) is 0 Å². The second-order valence-corrected chi connectivity index (χ2v) is 7.02. The second kappa shape index (κ2) is 7.77. The van der Waals surface area contributed by atoms with Gasteiger partial charge >= 0.3 is 0 Å². The third-order valence-corrected chi connectivity index (χ3v) is 4.96. The molecule has 2 amide bonds. The van der Waals surface area contributed by atoms with Crippen molar-refractivity contribution in [2.45, 2.75) is 38.6 Å². The average molecular weight is 367 g/mol. The maximum Gasteiger partial charge on any atom is 0.251 e. The van der Waals surface area contributed by atoms with Gasteiger partial charge in [-0.1, -0.05) is 22.9 Å². The zero-order valence-electron chi connectivity index (χ0n) is 13.1. The number of carbonyl (C=O) groups is 2. The summed E-state index contributed by atoms with van der Waals surface area (Å²) in [6.45, 7) is 2.31. The third kappa shape index (κ3) is 4.57. The molecule has 120 valence electrons. The van der Waals surface area contributed by atoms with Crippen molar-refractivity contribution in [1.82, 2.24) is 10.2 Å². The zero-order valence-corrected chi connectivity index (χ0v) is 14.7. The van der Waals surface area contributed by atoms with E-state index in [-0.39, 0.29) is 18.4 Å². The predicted molar refractivity (Wildman–Crippen MR) is 90.7 cm³/mol. The molecule has 1 fully saturated rings. The Morgan fingerprint density at radius 2 is 1.77 bits per heavy atom. The number of halogens is 1. The van der Waals surface area contributed by atoms with E-state index in [1.807, 2.05) is 19.2 Å². The van der Waals surface area contributed by atoms with Crippen LogP contribution in [0, 0.1) is 5.92 Å². The Morgan fingerprint density at radius 3 is 2.36 bits per heavy atom. The highest BCUT2D eigenvalue weighted by molar-refractivity contribution is 9.10. The molecule has 0 aliphatic heterocycles. The molecule has 0 atom stereocenters. The van der Waals surface area contributed by atoms with Crippen LogP contribution >= 0.6 is 15.9 Å². The molecule has 1 aromatic carbocycles. The maximum absolute atomic E-state index is 12.2. The van der Waals surface area contributed by atoms with E-state index in [9.17, 15) is 9.59 Å². The molecule has 1 N–H and O–H groups in total. The molecule has 5 heteroatoms. The minimum Gasteiger partial charge on any atom is -0.343 e. The molecule has 1 aliphatic rings. The Hall–Kier alpha value is -1.36. The Bertz CT molecular complexity index is 522. The Morgan fingerprint density at radius 1 is 1.18 bits per heavy atom. The number of likely N-dealkylation sites (N-methyl/N-ethyl adjacent to an activating group) is 1. The molecular weight excluding hydrogens is 344 g/mol. The van der Waals surface area contributed by atoms with E-state index in [0.29, 0.717) is 11.6 Å². The van der Waals surface area contributed by atoms with E-state index in [4.69, 9.17) is 0 Å². The fourth-order valence-corrected chi connectivity index (χ4v) is 3.08. The summed E-state index contributed by atoms with van der Waals surface area (Å²) in [4.78, 5) is 26.0. The van der Waals surface area contributed by atoms with Crippen molar-refractivity contribution in [3.63, 3.8) is 0 Å². The number of nitrogens with one attached hydrogen (secondary N) is 1. The average Bonchev–Trinajstić information content (AvgIpc) is 2.53. The van der Waals surface area contributed by atoms with Crippen LogP contribution in [-0.2, 0) is 4.79 Å². The maximum atomic E-state index is 12.2. The van der Waals surface area contributed by atoms with Crippen LogP contribution in [0.5, 0.6) is 0 Å². The molecular formula is C17H23BrN2O2. The summed E-state index contributed by atoms with van der Waals surface area (Å²) in [5.74, 6) is 0.522. The van der Waals surface area contributed by atoms with Crippen LogP contribution in [0.2, 0.25) is 0 Å². The minimum atomic E-state index is -0.216. The van der Waals surface area contributed by atoms with E-state index in [1.54, 1.807) is 17.0 Å². The molecule has 4 nitrogen and oxygen atoms in total. The second-order valence-electron chi connectivity index (χ2n) is 6.11. The van der Waals surface area contributed by atoms with Crippen LogP contribution in [0.15, 0.2) is 28.7 Å². The summed E-state index contributed by atoms with van der Waals surface area (Å²) in [6, 6.07) is 7.40. The molecule has 22 heavy (non-hydrogen) atoms. The van der Waals surface area contributed by atoms with Gasteiger partial charge in [0, 0.05) is 23.1 Å². The van der Waals surface area contributed by atoms with E-state index in [1.165, 1.54) is 12.8 Å². The summed E-state index contributed by atoms with van der Waals surface area (Å²) in [7, 11) is 1.84. The number of amides is 2. The van der Waals surface area contributed by atoms with Gasteiger partial charge in [0.25, 0.3) is 5.91 Å². The quantitative estimate of drug-likeness (QED) is 0.889. The molecule has 0 radical (unpaired) electrons. The lowest BCUT2D eigenvalue weighted by Gasteiger charge is -2.33. The lowest BCUT2D eigenvalue weighted by atomic mass is 9.87. The van der Waals surface area contributed by atoms with Crippen LogP contribution in [0.3, 0.4) is 0 Å². The summed E-state index contributed by atoms with van der Waals surface area (Å²) in [5.41, 5.74) is 0.560. The van der Waals surface area contributed by atoms with Gasteiger partial charge in [-0.05, 0) is 55.9 Å². The van der Waals surface area contributed by atoms with Crippen LogP contribution in [0.25, 0.3) is 0 Å². The Kier molecular flexibility index (Phi) is 6.00. The van der Waals surface area contributed by atoms with Gasteiger partial charge in [-0.15, -0.1) is 0 Å². The topological polar surface area (TPSA) is 49.4 Å². The number of benzene rings is 1. The van der Waals surface area contributed by atoms with Gasteiger partial charge in [0.05, 0.1) is 6.54 Å². The third-order valence-electron chi connectivity index (χ3n) is 4.43. The highest BCUT2D eigenvalue weighted by Crippen LogP contribution is 2.26. The fourth-order valence-electron chi connectivity index (χ4n) is 2.82. The molecule has 2 rings (SSSR count). The van der Waals surface area contributed by atoms with Crippen molar-refractivity contribution < 1.29 is 9.59 Å². The van der Waals surface area contributed by atoms with E-state index in [0.717, 1.165) is 23.2 Å². The summed E-state index contributed by atoms with van der Waals surface area (Å²) in [6.07, 6.45) is 4.47. The van der Waals surface area contributed by atoms with Crippen molar-refractivity contribution >= 4 is 27.7 Å². The molecule has 0 aromatic heterocycles. The van der Waals surface area contributed by atoms with Gasteiger partial charge in [0.2, 0.25) is 5.91 Å². The van der Waals surface area contributed by atoms with Gasteiger partial charge in [-0.3, -0.25) is 9.59 Å². The molecule has 1 saturated carbocycles. The van der Waals surface area contributed by atoms with Gasteiger partial charge in [0.1, 0.15) is 0 Å². The van der Waals surface area contributed by atoms with E-state index < -0.39 is 0 Å². The van der Waals surface area contributed by atoms with Gasteiger partial charge in [0.15, 0.2) is 0 Å². The first kappa shape index (κ1) is 17.0. The number of hydrogen-bond donors (Lipinski definition) is 1. The number of nitrogens with zero attached hydrogens (tertiary/aromatic N) is 1. The number of hydrogen-bond acceptors (Lipinski definition) is 2. The summed E-state index contributed by atoms with van der Waals surface area (Å²) < 4.78 is 0.923. The molecule has 0 saturated heterocycles. The Labute approximate surface area is 140 Å². The largest absolute Gasteiger partial charge is 0.343 e. The highest BCUT2D eigenvalue weighted by atomic mass is 79.9. The normalized spacial score (nSPS) is 21.2. The SMILES string of the molecule is CC1CCC(N(C)C(=O)CNC(=O)c2ccc(Br)cc2)CC1. The minimum absolute atomic E-state index is 0.0231. The molecule has 0 bridgehead atoms. The van der Waals surface area contributed by atoms with Crippen LogP contribution in [-0.4, -0.2) is 36.3 Å². The first-order valence-corrected chi connectivity index (χ1v) is 8.56. The Balaban J connectivity index is 1.81. The summed E-state index contributed by atoms with van der Waals surface area (Å²) in [5, 5.41) is 2.70. The van der Waals surface area contributed by atoms with Crippen molar-refractivity contribution in [2.24, 2.45) is 5.92 Å². The van der Waals surface area contributed by atoms with Crippen LogP contribution < -0.4 is 5.32 Å². The molecule has 0 unspecified atom stereocenters. The summed E-state index contributed by atoms with van der Waals surface area (Å²) >= 11 is 3.33. The van der Waals surface area contributed by atoms with E-state index in [2.05, 4.69) is 28.2 Å². The van der Waals surface area contributed by atoms with Crippen molar-refractivity contribution in [2.75, 3.05) is 13.6 Å². The van der Waals surface area contributed by atoms with Crippen LogP contribution in [0.1, 0.15) is 43.0 Å². The van der Waals surface area contributed by atoms with Gasteiger partial charge < -0.3 is 10.2 Å². The molecule has 1 aliphatic carbocycles. The number of carbonyl (C=O) groups excluding carboxylic acids is 2.